The quantitative estimate of drug-likeness (QED) is 0.557. The van der Waals surface area contributed by atoms with Gasteiger partial charge >= 0.3 is 0 Å². The second-order valence-electron chi connectivity index (χ2n) is 5.96. The maximum atomic E-state index is 11.5. The highest BCUT2D eigenvalue weighted by Crippen LogP contribution is 2.35. The number of aryl methyl sites for hydroxylation is 1. The summed E-state index contributed by atoms with van der Waals surface area (Å²) in [6.07, 6.45) is 0. The molecule has 0 atom stereocenters. The van der Waals surface area contributed by atoms with Gasteiger partial charge in [-0.3, -0.25) is 4.79 Å². The topological polar surface area (TPSA) is 104 Å². The number of carbonyl (C=O) groups is 1. The summed E-state index contributed by atoms with van der Waals surface area (Å²) in [4.78, 5) is 21.6. The predicted octanol–water partition coefficient (Wildman–Crippen LogP) is 4.14. The molecular weight excluding hydrogens is 360 g/mol. The largest absolute Gasteiger partial charge is 0.457 e. The Morgan fingerprint density at radius 1 is 1.00 bits per heavy atom. The van der Waals surface area contributed by atoms with Crippen LogP contribution in [0.3, 0.4) is 0 Å². The molecule has 0 aliphatic rings. The fourth-order valence-electron chi connectivity index (χ4n) is 2.80. The van der Waals surface area contributed by atoms with Gasteiger partial charge in [-0.1, -0.05) is 18.2 Å². The zero-order chi connectivity index (χ0) is 19.0. The number of aromatic nitrogens is 2. The maximum absolute atomic E-state index is 11.5. The van der Waals surface area contributed by atoms with E-state index in [1.165, 1.54) is 11.3 Å². The van der Waals surface area contributed by atoms with Crippen LogP contribution in [0.1, 0.15) is 15.4 Å². The zero-order valence-corrected chi connectivity index (χ0v) is 15.3. The molecule has 7 heteroatoms. The van der Waals surface area contributed by atoms with Gasteiger partial charge in [-0.05, 0) is 43.3 Å². The van der Waals surface area contributed by atoms with Crippen LogP contribution in [0.4, 0.5) is 5.69 Å². The lowest BCUT2D eigenvalue weighted by molar-refractivity contribution is 0.100. The molecule has 2 aromatic carbocycles. The molecule has 0 bridgehead atoms. The number of hydrogen-bond acceptors (Lipinski definition) is 6. The summed E-state index contributed by atoms with van der Waals surface area (Å²) in [6.45, 7) is 1.84. The summed E-state index contributed by atoms with van der Waals surface area (Å²) in [6, 6.07) is 17.1. The van der Waals surface area contributed by atoms with E-state index in [1.54, 1.807) is 0 Å². The van der Waals surface area contributed by atoms with E-state index in [0.717, 1.165) is 17.1 Å². The third-order valence-electron chi connectivity index (χ3n) is 4.08. The molecule has 0 aliphatic carbocycles. The summed E-state index contributed by atoms with van der Waals surface area (Å²) >= 11 is 1.18. The van der Waals surface area contributed by atoms with Crippen LogP contribution in [-0.4, -0.2) is 15.9 Å². The summed E-state index contributed by atoms with van der Waals surface area (Å²) in [5.41, 5.74) is 13.3. The number of carbonyl (C=O) groups excluding carboxylic acids is 1. The molecular formula is C20H16N4O2S. The molecule has 4 rings (SSSR count). The number of nitrogens with zero attached hydrogens (tertiary/aromatic N) is 2. The Hall–Kier alpha value is -3.45. The van der Waals surface area contributed by atoms with Gasteiger partial charge in [0.2, 0.25) is 0 Å². The Bertz CT molecular complexity index is 1140. The number of amides is 1. The molecule has 134 valence electrons. The van der Waals surface area contributed by atoms with Crippen molar-refractivity contribution in [2.75, 3.05) is 5.73 Å². The van der Waals surface area contributed by atoms with Crippen molar-refractivity contribution in [1.29, 1.82) is 0 Å². The van der Waals surface area contributed by atoms with Crippen molar-refractivity contribution in [1.82, 2.24) is 9.97 Å². The highest BCUT2D eigenvalue weighted by atomic mass is 32.1. The summed E-state index contributed by atoms with van der Waals surface area (Å²) < 4.78 is 5.80. The standard InChI is InChI=1S/C20H16N4O2S/c1-11-15-16(21)17(18(22)25)27-20(15)24-19(23-11)12-7-9-14(10-8-12)26-13-5-3-2-4-6-13/h2-10H,21H2,1H3,(H2,22,25). The van der Waals surface area contributed by atoms with Gasteiger partial charge in [0, 0.05) is 5.56 Å². The van der Waals surface area contributed by atoms with E-state index in [2.05, 4.69) is 9.97 Å². The van der Waals surface area contributed by atoms with Gasteiger partial charge < -0.3 is 16.2 Å². The average Bonchev–Trinajstić information content (AvgIpc) is 3.00. The first-order valence-electron chi connectivity index (χ1n) is 8.22. The van der Waals surface area contributed by atoms with Crippen LogP contribution in [0.2, 0.25) is 0 Å². The Kier molecular flexibility index (Phi) is 4.21. The summed E-state index contributed by atoms with van der Waals surface area (Å²) in [5, 5.41) is 0.682. The second-order valence-corrected chi connectivity index (χ2v) is 6.96. The van der Waals surface area contributed by atoms with Crippen molar-refractivity contribution in [3.05, 3.63) is 65.2 Å². The smallest absolute Gasteiger partial charge is 0.260 e. The van der Waals surface area contributed by atoms with Crippen molar-refractivity contribution >= 4 is 33.1 Å². The molecule has 6 nitrogen and oxygen atoms in total. The monoisotopic (exact) mass is 376 g/mol. The number of anilines is 1. The van der Waals surface area contributed by atoms with Crippen molar-refractivity contribution < 1.29 is 9.53 Å². The van der Waals surface area contributed by atoms with Crippen LogP contribution in [0, 0.1) is 6.92 Å². The number of benzene rings is 2. The number of primary amides is 1. The molecule has 2 heterocycles. The molecule has 4 N–H and O–H groups in total. The third-order valence-corrected chi connectivity index (χ3v) is 5.20. The second kappa shape index (κ2) is 6.69. The maximum Gasteiger partial charge on any atom is 0.260 e. The van der Waals surface area contributed by atoms with Crippen molar-refractivity contribution in [2.24, 2.45) is 5.73 Å². The molecule has 0 unspecified atom stereocenters. The molecule has 0 radical (unpaired) electrons. The van der Waals surface area contributed by atoms with E-state index in [1.807, 2.05) is 61.5 Å². The van der Waals surface area contributed by atoms with Crippen LogP contribution in [0.5, 0.6) is 11.5 Å². The minimum absolute atomic E-state index is 0.311. The first-order valence-corrected chi connectivity index (χ1v) is 9.04. The SMILES string of the molecule is Cc1nc(-c2ccc(Oc3ccccc3)cc2)nc2sc(C(N)=O)c(N)c12. The molecule has 0 saturated heterocycles. The fraction of sp³-hybridized carbons (Fsp3) is 0.0500. The van der Waals surface area contributed by atoms with E-state index in [0.29, 0.717) is 32.3 Å². The van der Waals surface area contributed by atoms with Crippen LogP contribution >= 0.6 is 11.3 Å². The molecule has 4 aromatic rings. The predicted molar refractivity (Wildman–Crippen MR) is 107 cm³/mol. The van der Waals surface area contributed by atoms with Crippen LogP contribution < -0.4 is 16.2 Å². The molecule has 0 spiro atoms. The first kappa shape index (κ1) is 17.0. The Labute approximate surface area is 159 Å². The lowest BCUT2D eigenvalue weighted by Crippen LogP contribution is -2.10. The molecule has 1 amide bonds. The number of rotatable bonds is 4. The van der Waals surface area contributed by atoms with Gasteiger partial charge in [-0.25, -0.2) is 9.97 Å². The lowest BCUT2D eigenvalue weighted by atomic mass is 10.2. The van der Waals surface area contributed by atoms with Gasteiger partial charge in [-0.2, -0.15) is 0 Å². The van der Waals surface area contributed by atoms with E-state index in [4.69, 9.17) is 16.2 Å². The normalized spacial score (nSPS) is 10.9. The Morgan fingerprint density at radius 2 is 1.67 bits per heavy atom. The summed E-state index contributed by atoms with van der Waals surface area (Å²) in [5.74, 6) is 1.49. The van der Waals surface area contributed by atoms with E-state index in [9.17, 15) is 4.79 Å². The number of hydrogen-bond donors (Lipinski definition) is 2. The number of nitrogens with two attached hydrogens (primary N) is 2. The van der Waals surface area contributed by atoms with E-state index < -0.39 is 5.91 Å². The number of para-hydroxylation sites is 1. The van der Waals surface area contributed by atoms with Gasteiger partial charge in [0.05, 0.1) is 16.8 Å². The molecule has 0 fully saturated rings. The molecule has 27 heavy (non-hydrogen) atoms. The van der Waals surface area contributed by atoms with Gasteiger partial charge in [-0.15, -0.1) is 11.3 Å². The Balaban J connectivity index is 1.69. The highest BCUT2D eigenvalue weighted by molar-refractivity contribution is 7.21. The fourth-order valence-corrected chi connectivity index (χ4v) is 3.80. The lowest BCUT2D eigenvalue weighted by Gasteiger charge is -2.07. The van der Waals surface area contributed by atoms with E-state index >= 15 is 0 Å². The highest BCUT2D eigenvalue weighted by Gasteiger charge is 2.18. The van der Waals surface area contributed by atoms with Crippen molar-refractivity contribution in [3.8, 4) is 22.9 Å². The zero-order valence-electron chi connectivity index (χ0n) is 14.5. The van der Waals surface area contributed by atoms with Gasteiger partial charge in [0.25, 0.3) is 5.91 Å². The molecule has 0 saturated carbocycles. The number of ether oxygens (including phenoxy) is 1. The van der Waals surface area contributed by atoms with Crippen molar-refractivity contribution in [2.45, 2.75) is 6.92 Å². The minimum atomic E-state index is -0.557. The molecule has 2 aromatic heterocycles. The summed E-state index contributed by atoms with van der Waals surface area (Å²) in [7, 11) is 0. The first-order chi connectivity index (χ1) is 13.0. The van der Waals surface area contributed by atoms with Gasteiger partial charge in [0.15, 0.2) is 5.82 Å². The third kappa shape index (κ3) is 3.20. The Morgan fingerprint density at radius 3 is 2.33 bits per heavy atom. The molecule has 0 aliphatic heterocycles. The van der Waals surface area contributed by atoms with Crippen LogP contribution in [0.15, 0.2) is 54.6 Å². The van der Waals surface area contributed by atoms with Gasteiger partial charge in [0.1, 0.15) is 21.2 Å². The van der Waals surface area contributed by atoms with Crippen molar-refractivity contribution in [3.63, 3.8) is 0 Å². The number of thiophene rings is 1. The number of nitrogen functional groups attached to an aromatic ring is 1. The minimum Gasteiger partial charge on any atom is -0.457 e. The van der Waals surface area contributed by atoms with Crippen LogP contribution in [0.25, 0.3) is 21.6 Å². The van der Waals surface area contributed by atoms with Crippen LogP contribution in [-0.2, 0) is 0 Å². The average molecular weight is 376 g/mol. The van der Waals surface area contributed by atoms with E-state index in [-0.39, 0.29) is 0 Å². The number of fused-ring (bicyclic) bond motifs is 1.